The third-order valence-corrected chi connectivity index (χ3v) is 7.10. The molecular formula is C25H28N4O5. The van der Waals surface area contributed by atoms with Crippen molar-refractivity contribution in [1.82, 2.24) is 19.7 Å². The van der Waals surface area contributed by atoms with Crippen LogP contribution in [-0.4, -0.2) is 65.0 Å². The molecule has 1 N–H and O–H groups in total. The molecule has 2 aromatic rings. The number of amides is 4. The normalized spacial score (nSPS) is 23.5. The summed E-state index contributed by atoms with van der Waals surface area (Å²) in [5, 5.41) is 2.68. The molecule has 0 aliphatic carbocycles. The topological polar surface area (TPSA) is 101 Å². The monoisotopic (exact) mass is 464 g/mol. The van der Waals surface area contributed by atoms with Crippen LogP contribution in [0.4, 0.5) is 4.79 Å². The number of fused-ring (bicyclic) bond motifs is 4. The van der Waals surface area contributed by atoms with Crippen molar-refractivity contribution in [3.63, 3.8) is 0 Å². The van der Waals surface area contributed by atoms with Gasteiger partial charge in [0.25, 0.3) is 11.5 Å². The van der Waals surface area contributed by atoms with E-state index in [9.17, 15) is 19.2 Å². The predicted molar refractivity (Wildman–Crippen MR) is 123 cm³/mol. The number of nitrogens with one attached hydrogen (secondary N) is 1. The fraction of sp³-hybridized carbons (Fsp3) is 0.440. The number of methoxy groups -OCH3 is 1. The lowest BCUT2D eigenvalue weighted by Gasteiger charge is -2.43. The lowest BCUT2D eigenvalue weighted by Crippen LogP contribution is -2.50. The Morgan fingerprint density at radius 1 is 1.06 bits per heavy atom. The lowest BCUT2D eigenvalue weighted by atomic mass is 9.83. The van der Waals surface area contributed by atoms with Gasteiger partial charge in [-0.3, -0.25) is 19.3 Å². The Kier molecular flexibility index (Phi) is 5.85. The highest BCUT2D eigenvalue weighted by Gasteiger charge is 2.41. The van der Waals surface area contributed by atoms with Gasteiger partial charge in [-0.25, -0.2) is 4.79 Å². The zero-order valence-electron chi connectivity index (χ0n) is 19.1. The molecule has 4 amide bonds. The molecule has 2 bridgehead atoms. The minimum Gasteiger partial charge on any atom is -0.497 e. The molecule has 9 nitrogen and oxygen atoms in total. The van der Waals surface area contributed by atoms with E-state index in [1.807, 2.05) is 34.9 Å². The Hall–Kier alpha value is -3.62. The fourth-order valence-electron chi connectivity index (χ4n) is 5.36. The van der Waals surface area contributed by atoms with Crippen molar-refractivity contribution in [2.24, 2.45) is 5.92 Å². The van der Waals surface area contributed by atoms with Crippen molar-refractivity contribution in [2.75, 3.05) is 26.7 Å². The summed E-state index contributed by atoms with van der Waals surface area (Å²) in [6, 6.07) is 11.5. The van der Waals surface area contributed by atoms with Crippen LogP contribution >= 0.6 is 0 Å². The number of urea groups is 1. The van der Waals surface area contributed by atoms with Gasteiger partial charge in [0.05, 0.1) is 13.5 Å². The van der Waals surface area contributed by atoms with E-state index in [0.717, 1.165) is 23.4 Å². The molecule has 5 rings (SSSR count). The number of aromatic nitrogens is 1. The van der Waals surface area contributed by atoms with Gasteiger partial charge in [0, 0.05) is 43.9 Å². The number of ether oxygens (including phenoxy) is 1. The van der Waals surface area contributed by atoms with E-state index in [-0.39, 0.29) is 42.2 Å². The molecule has 1 aromatic carbocycles. The summed E-state index contributed by atoms with van der Waals surface area (Å²) < 4.78 is 6.97. The van der Waals surface area contributed by atoms with Crippen LogP contribution in [0.15, 0.2) is 47.3 Å². The van der Waals surface area contributed by atoms with Crippen molar-refractivity contribution < 1.29 is 19.1 Å². The first-order valence-electron chi connectivity index (χ1n) is 11.6. The van der Waals surface area contributed by atoms with E-state index in [0.29, 0.717) is 26.1 Å². The van der Waals surface area contributed by atoms with Crippen molar-refractivity contribution in [3.8, 4) is 5.75 Å². The molecule has 0 radical (unpaired) electrons. The summed E-state index contributed by atoms with van der Waals surface area (Å²) in [7, 11) is 1.60. The number of hydrogen-bond acceptors (Lipinski definition) is 5. The van der Waals surface area contributed by atoms with Gasteiger partial charge in [0.1, 0.15) is 11.8 Å². The highest BCUT2D eigenvalue weighted by atomic mass is 16.5. The minimum absolute atomic E-state index is 0.000901. The molecule has 178 valence electrons. The maximum absolute atomic E-state index is 13.1. The second kappa shape index (κ2) is 8.96. The molecule has 0 saturated carbocycles. The molecule has 3 unspecified atom stereocenters. The van der Waals surface area contributed by atoms with Gasteiger partial charge in [-0.1, -0.05) is 18.2 Å². The van der Waals surface area contributed by atoms with Crippen molar-refractivity contribution in [1.29, 1.82) is 0 Å². The van der Waals surface area contributed by atoms with E-state index < -0.39 is 12.1 Å². The van der Waals surface area contributed by atoms with Crippen LogP contribution < -0.4 is 15.6 Å². The van der Waals surface area contributed by atoms with Gasteiger partial charge in [0.15, 0.2) is 0 Å². The zero-order valence-corrected chi connectivity index (χ0v) is 19.1. The van der Waals surface area contributed by atoms with Crippen molar-refractivity contribution in [2.45, 2.75) is 37.8 Å². The van der Waals surface area contributed by atoms with Crippen LogP contribution in [0.1, 0.15) is 30.0 Å². The molecule has 34 heavy (non-hydrogen) atoms. The first-order valence-corrected chi connectivity index (χ1v) is 11.6. The fourth-order valence-corrected chi connectivity index (χ4v) is 5.36. The number of benzene rings is 1. The Morgan fingerprint density at radius 2 is 1.85 bits per heavy atom. The average molecular weight is 465 g/mol. The molecule has 3 aliphatic heterocycles. The van der Waals surface area contributed by atoms with Crippen molar-refractivity contribution >= 4 is 17.8 Å². The highest BCUT2D eigenvalue weighted by molar-refractivity contribution is 6.05. The second-order valence-corrected chi connectivity index (χ2v) is 9.29. The third kappa shape index (κ3) is 4.18. The van der Waals surface area contributed by atoms with Gasteiger partial charge < -0.3 is 19.5 Å². The number of rotatable bonds is 6. The third-order valence-electron chi connectivity index (χ3n) is 7.10. The van der Waals surface area contributed by atoms with Crippen LogP contribution in [0.5, 0.6) is 5.75 Å². The minimum atomic E-state index is -0.840. The summed E-state index contributed by atoms with van der Waals surface area (Å²) in [4.78, 5) is 53.6. The van der Waals surface area contributed by atoms with Gasteiger partial charge in [-0.05, 0) is 42.5 Å². The van der Waals surface area contributed by atoms with Gasteiger partial charge >= 0.3 is 6.03 Å². The van der Waals surface area contributed by atoms with Gasteiger partial charge in [-0.2, -0.15) is 0 Å². The smallest absolute Gasteiger partial charge is 0.324 e. The SMILES string of the molecule is COc1ccc(CCN2C(=O)NC(CC(=O)N3CC4CC(C3)c3cccc(=O)n3C4)C2=O)cc1. The van der Waals surface area contributed by atoms with Crippen LogP contribution in [-0.2, 0) is 22.6 Å². The quantitative estimate of drug-likeness (QED) is 0.651. The van der Waals surface area contributed by atoms with Crippen LogP contribution in [0.25, 0.3) is 0 Å². The Bertz CT molecular complexity index is 1170. The first-order chi connectivity index (χ1) is 16.4. The molecule has 2 saturated heterocycles. The highest BCUT2D eigenvalue weighted by Crippen LogP contribution is 2.35. The Labute approximate surface area is 197 Å². The van der Waals surface area contributed by atoms with E-state index in [2.05, 4.69) is 5.32 Å². The summed E-state index contributed by atoms with van der Waals surface area (Å²) in [6.07, 6.45) is 1.42. The van der Waals surface area contributed by atoms with E-state index in [4.69, 9.17) is 4.74 Å². The number of nitrogens with zero attached hydrogens (tertiary/aromatic N) is 3. The Balaban J connectivity index is 1.19. The average Bonchev–Trinajstić information content (AvgIpc) is 3.10. The number of imide groups is 1. The summed E-state index contributed by atoms with van der Waals surface area (Å²) in [5.74, 6) is 0.568. The molecule has 9 heteroatoms. The number of likely N-dealkylation sites (tertiary alicyclic amines) is 1. The molecule has 0 spiro atoms. The lowest BCUT2D eigenvalue weighted by molar-refractivity contribution is -0.137. The van der Waals surface area contributed by atoms with Gasteiger partial charge in [0.2, 0.25) is 5.91 Å². The maximum Gasteiger partial charge on any atom is 0.324 e. The zero-order chi connectivity index (χ0) is 23.8. The van der Waals surface area contributed by atoms with Crippen LogP contribution in [0, 0.1) is 5.92 Å². The van der Waals surface area contributed by atoms with E-state index in [1.165, 1.54) is 4.90 Å². The van der Waals surface area contributed by atoms with Gasteiger partial charge in [-0.15, -0.1) is 0 Å². The molecule has 1 aromatic heterocycles. The molecule has 4 heterocycles. The van der Waals surface area contributed by atoms with Crippen molar-refractivity contribution in [3.05, 3.63) is 64.1 Å². The maximum atomic E-state index is 13.1. The van der Waals surface area contributed by atoms with Crippen LogP contribution in [0.2, 0.25) is 0 Å². The number of carbonyl (C=O) groups excluding carboxylic acids is 3. The molecule has 3 atom stereocenters. The van der Waals surface area contributed by atoms with Crippen LogP contribution in [0.3, 0.4) is 0 Å². The van der Waals surface area contributed by atoms with E-state index >= 15 is 0 Å². The predicted octanol–water partition coefficient (Wildman–Crippen LogP) is 1.36. The molecular weight excluding hydrogens is 436 g/mol. The number of carbonyl (C=O) groups is 3. The summed E-state index contributed by atoms with van der Waals surface area (Å²) in [6.45, 7) is 1.94. The standard InChI is InChI=1S/C25H28N4O5/c1-34-19-7-5-16(6-8-19)9-10-28-24(32)20(26-25(28)33)12-23(31)27-13-17-11-18(15-27)21-3-2-4-22(30)29(21)14-17/h2-8,17-18,20H,9-15H2,1H3,(H,26,33). The largest absolute Gasteiger partial charge is 0.497 e. The Morgan fingerprint density at radius 3 is 2.62 bits per heavy atom. The molecule has 3 aliphatic rings. The summed E-state index contributed by atoms with van der Waals surface area (Å²) in [5.41, 5.74) is 1.96. The summed E-state index contributed by atoms with van der Waals surface area (Å²) >= 11 is 0. The number of piperidine rings is 1. The van der Waals surface area contributed by atoms with E-state index in [1.54, 1.807) is 24.1 Å². The molecule has 2 fully saturated rings. The number of pyridine rings is 1. The second-order valence-electron chi connectivity index (χ2n) is 9.29. The number of hydrogen-bond donors (Lipinski definition) is 1. The first kappa shape index (κ1) is 22.2.